The van der Waals surface area contributed by atoms with E-state index >= 15 is 0 Å². The Balaban J connectivity index is 0.000000226. The first-order valence-corrected chi connectivity index (χ1v) is 13.1. The highest BCUT2D eigenvalue weighted by atomic mass is 19.1. The number of carboxylic acids is 1. The molecule has 210 valence electrons. The molecule has 0 bridgehead atoms. The van der Waals surface area contributed by atoms with Gasteiger partial charge >= 0.3 is 5.97 Å². The number of halogens is 1. The van der Waals surface area contributed by atoms with Gasteiger partial charge in [0.05, 0.1) is 17.3 Å². The van der Waals surface area contributed by atoms with Gasteiger partial charge in [0.25, 0.3) is 0 Å². The minimum atomic E-state index is -1.02. The Morgan fingerprint density at radius 2 is 1.85 bits per heavy atom. The molecule has 1 fully saturated rings. The van der Waals surface area contributed by atoms with Crippen LogP contribution >= 0.6 is 0 Å². The highest BCUT2D eigenvalue weighted by Crippen LogP contribution is 2.31. The standard InChI is InChI=1S/C18H19FN2O.C14H18N2O2/c19-16-9-8-15(10-17(16)21-12-22)18(20-11-13-6-7-13)14-4-2-1-3-5-14;1-10(14(17)18)7-11(2)16(3)13-6-4-5-12(8-13)9-15/h1-5,8-10,12-13,18,20H,6-7,11H2,(H,21,22);4-8H,1,9,15H2,2-3H3,(H,17,18)/b;11-7-. The number of nitrogens with two attached hydrogens (primary N) is 1. The minimum Gasteiger partial charge on any atom is -0.478 e. The molecule has 3 aromatic carbocycles. The predicted octanol–water partition coefficient (Wildman–Crippen LogP) is 5.61. The highest BCUT2D eigenvalue weighted by Gasteiger charge is 2.23. The van der Waals surface area contributed by atoms with E-state index in [9.17, 15) is 14.0 Å². The lowest BCUT2D eigenvalue weighted by Gasteiger charge is -2.20. The fourth-order valence-corrected chi connectivity index (χ4v) is 4.08. The molecule has 5 N–H and O–H groups in total. The molecule has 7 nitrogen and oxygen atoms in total. The van der Waals surface area contributed by atoms with Crippen molar-refractivity contribution < 1.29 is 19.1 Å². The maximum atomic E-state index is 13.7. The number of allylic oxidation sites excluding steroid dienone is 1. The van der Waals surface area contributed by atoms with Gasteiger partial charge in [0.1, 0.15) is 5.82 Å². The van der Waals surface area contributed by atoms with Crippen LogP contribution in [-0.4, -0.2) is 31.1 Å². The van der Waals surface area contributed by atoms with Crippen LogP contribution in [0.25, 0.3) is 0 Å². The van der Waals surface area contributed by atoms with Gasteiger partial charge in [-0.25, -0.2) is 9.18 Å². The number of carboxylic acid groups (broad SMARTS) is 1. The molecular formula is C32H37FN4O3. The zero-order valence-electron chi connectivity index (χ0n) is 22.9. The van der Waals surface area contributed by atoms with Crippen molar-refractivity contribution in [3.8, 4) is 0 Å². The molecule has 1 aliphatic carbocycles. The second-order valence-electron chi connectivity index (χ2n) is 9.75. The number of aliphatic carboxylic acids is 1. The van der Waals surface area contributed by atoms with Crippen LogP contribution in [-0.2, 0) is 16.1 Å². The number of anilines is 2. The fraction of sp³-hybridized carbons (Fsp3) is 0.250. The third-order valence-electron chi connectivity index (χ3n) is 6.70. The number of benzene rings is 3. The van der Waals surface area contributed by atoms with E-state index in [0.717, 1.165) is 40.5 Å². The molecule has 3 aromatic rings. The lowest BCUT2D eigenvalue weighted by molar-refractivity contribution is -0.132. The van der Waals surface area contributed by atoms with E-state index < -0.39 is 11.8 Å². The Hall–Kier alpha value is -4.27. The Labute approximate surface area is 235 Å². The van der Waals surface area contributed by atoms with Gasteiger partial charge in [-0.2, -0.15) is 0 Å². The number of rotatable bonds is 12. The van der Waals surface area contributed by atoms with Gasteiger partial charge in [0.2, 0.25) is 6.41 Å². The maximum absolute atomic E-state index is 13.7. The van der Waals surface area contributed by atoms with Crippen molar-refractivity contribution in [1.82, 2.24) is 5.32 Å². The predicted molar refractivity (Wildman–Crippen MR) is 158 cm³/mol. The van der Waals surface area contributed by atoms with Crippen LogP contribution in [0.4, 0.5) is 15.8 Å². The summed E-state index contributed by atoms with van der Waals surface area (Å²) in [7, 11) is 1.87. The molecule has 1 unspecified atom stereocenters. The molecule has 8 heteroatoms. The molecule has 1 aliphatic rings. The maximum Gasteiger partial charge on any atom is 0.335 e. The van der Waals surface area contributed by atoms with Gasteiger partial charge in [0, 0.05) is 25.0 Å². The van der Waals surface area contributed by atoms with Crippen molar-refractivity contribution in [3.05, 3.63) is 119 Å². The summed E-state index contributed by atoms with van der Waals surface area (Å²) in [6.07, 6.45) is 4.58. The summed E-state index contributed by atoms with van der Waals surface area (Å²) in [4.78, 5) is 23.2. The van der Waals surface area contributed by atoms with Crippen molar-refractivity contribution in [2.24, 2.45) is 11.7 Å². The van der Waals surface area contributed by atoms with Gasteiger partial charge < -0.3 is 26.4 Å². The second kappa shape index (κ2) is 14.8. The largest absolute Gasteiger partial charge is 0.478 e. The van der Waals surface area contributed by atoms with Gasteiger partial charge in [-0.3, -0.25) is 4.79 Å². The highest BCUT2D eigenvalue weighted by molar-refractivity contribution is 5.89. The summed E-state index contributed by atoms with van der Waals surface area (Å²) in [5.74, 6) is -0.692. The first kappa shape index (κ1) is 30.3. The summed E-state index contributed by atoms with van der Waals surface area (Å²) in [6.45, 7) is 6.75. The number of nitrogens with zero attached hydrogens (tertiary/aromatic N) is 1. The molecule has 0 heterocycles. The number of nitrogens with one attached hydrogen (secondary N) is 2. The lowest BCUT2D eigenvalue weighted by atomic mass is 9.98. The van der Waals surface area contributed by atoms with E-state index in [1.54, 1.807) is 12.1 Å². The second-order valence-corrected chi connectivity index (χ2v) is 9.75. The molecule has 4 rings (SSSR count). The number of carbonyl (C=O) groups is 2. The van der Waals surface area contributed by atoms with Crippen molar-refractivity contribution in [2.75, 3.05) is 23.8 Å². The monoisotopic (exact) mass is 544 g/mol. The Kier molecular flexibility index (Phi) is 11.2. The normalized spacial score (nSPS) is 13.4. The van der Waals surface area contributed by atoms with E-state index in [4.69, 9.17) is 10.8 Å². The SMILES string of the molecule is C=C(/C=C(/C)N(C)c1cccc(CN)c1)C(=O)O.O=CNc1cc(C(NCC2CC2)c2ccccc2)ccc1F. The molecule has 0 aromatic heterocycles. The average molecular weight is 545 g/mol. The zero-order chi connectivity index (χ0) is 29.1. The van der Waals surface area contributed by atoms with Gasteiger partial charge in [-0.1, -0.05) is 55.1 Å². The molecular weight excluding hydrogens is 507 g/mol. The number of amides is 1. The Bertz CT molecular complexity index is 1340. The van der Waals surface area contributed by atoms with Crippen LogP contribution in [0.1, 0.15) is 42.5 Å². The summed E-state index contributed by atoms with van der Waals surface area (Å²) in [5.41, 5.74) is 10.7. The number of carbonyl (C=O) groups excluding carboxylic acids is 1. The van der Waals surface area contributed by atoms with Crippen LogP contribution in [0.5, 0.6) is 0 Å². The Morgan fingerprint density at radius 3 is 2.48 bits per heavy atom. The molecule has 1 amide bonds. The first-order chi connectivity index (χ1) is 19.2. The van der Waals surface area contributed by atoms with Crippen molar-refractivity contribution >= 4 is 23.8 Å². The van der Waals surface area contributed by atoms with E-state index in [1.165, 1.54) is 25.0 Å². The molecule has 0 radical (unpaired) electrons. The van der Waals surface area contributed by atoms with Crippen molar-refractivity contribution in [2.45, 2.75) is 32.4 Å². The molecule has 0 saturated heterocycles. The summed E-state index contributed by atoms with van der Waals surface area (Å²) >= 11 is 0. The zero-order valence-corrected chi connectivity index (χ0v) is 22.9. The van der Waals surface area contributed by atoms with Crippen LogP contribution in [0.15, 0.2) is 96.7 Å². The smallest absolute Gasteiger partial charge is 0.335 e. The van der Waals surface area contributed by atoms with Crippen LogP contribution in [0.2, 0.25) is 0 Å². The van der Waals surface area contributed by atoms with E-state index in [2.05, 4.69) is 29.3 Å². The Morgan fingerprint density at radius 1 is 1.12 bits per heavy atom. The topological polar surface area (TPSA) is 108 Å². The fourth-order valence-electron chi connectivity index (χ4n) is 4.08. The number of hydrogen-bond acceptors (Lipinski definition) is 5. The van der Waals surface area contributed by atoms with Crippen molar-refractivity contribution in [1.29, 1.82) is 0 Å². The number of hydrogen-bond donors (Lipinski definition) is 4. The quantitative estimate of drug-likeness (QED) is 0.134. The summed E-state index contributed by atoms with van der Waals surface area (Å²) in [5, 5.41) is 14.8. The van der Waals surface area contributed by atoms with E-state index in [1.807, 2.05) is 61.3 Å². The van der Waals surface area contributed by atoms with Gasteiger partial charge in [0.15, 0.2) is 0 Å². The van der Waals surface area contributed by atoms with Crippen molar-refractivity contribution in [3.63, 3.8) is 0 Å². The van der Waals surface area contributed by atoms with Crippen LogP contribution in [0.3, 0.4) is 0 Å². The molecule has 40 heavy (non-hydrogen) atoms. The minimum absolute atomic E-state index is 0.00500. The molecule has 0 aliphatic heterocycles. The molecule has 1 atom stereocenters. The van der Waals surface area contributed by atoms with E-state index in [-0.39, 0.29) is 17.3 Å². The summed E-state index contributed by atoms with van der Waals surface area (Å²) in [6, 6.07) is 22.7. The lowest BCUT2D eigenvalue weighted by Crippen LogP contribution is -2.24. The van der Waals surface area contributed by atoms with E-state index in [0.29, 0.717) is 13.0 Å². The van der Waals surface area contributed by atoms with Crippen LogP contribution in [0, 0.1) is 11.7 Å². The van der Waals surface area contributed by atoms with Crippen LogP contribution < -0.4 is 21.3 Å². The first-order valence-electron chi connectivity index (χ1n) is 13.1. The third kappa shape index (κ3) is 8.90. The summed E-state index contributed by atoms with van der Waals surface area (Å²) < 4.78 is 13.7. The van der Waals surface area contributed by atoms with Gasteiger partial charge in [-0.05, 0) is 79.3 Å². The van der Waals surface area contributed by atoms with Gasteiger partial charge in [-0.15, -0.1) is 0 Å². The average Bonchev–Trinajstić information content (AvgIpc) is 3.80. The molecule has 1 saturated carbocycles. The molecule has 0 spiro atoms. The third-order valence-corrected chi connectivity index (χ3v) is 6.70.